The van der Waals surface area contributed by atoms with Gasteiger partial charge in [-0.3, -0.25) is 4.68 Å². The molecule has 2 unspecified atom stereocenters. The van der Waals surface area contributed by atoms with E-state index in [2.05, 4.69) is 17.3 Å². The van der Waals surface area contributed by atoms with Crippen LogP contribution in [0.15, 0.2) is 6.20 Å². The van der Waals surface area contributed by atoms with E-state index in [1.54, 1.807) is 13.3 Å². The summed E-state index contributed by atoms with van der Waals surface area (Å²) in [5.41, 5.74) is 1.04. The molecule has 16 heavy (non-hydrogen) atoms. The predicted molar refractivity (Wildman–Crippen MR) is 65.8 cm³/mol. The van der Waals surface area contributed by atoms with Crippen LogP contribution in [0.4, 0.5) is 0 Å². The molecule has 0 fully saturated rings. The Hall–Kier alpha value is -0.580. The number of nitrogens with one attached hydrogen (secondary N) is 1. The second kappa shape index (κ2) is 6.23. The largest absolute Gasteiger partial charge is 0.382 e. The lowest BCUT2D eigenvalue weighted by molar-refractivity contribution is 0.100. The van der Waals surface area contributed by atoms with E-state index in [0.29, 0.717) is 5.02 Å². The number of aromatic nitrogens is 2. The summed E-state index contributed by atoms with van der Waals surface area (Å²) in [6.45, 7) is 4.92. The van der Waals surface area contributed by atoms with Gasteiger partial charge in [-0.05, 0) is 27.3 Å². The maximum absolute atomic E-state index is 6.16. The lowest BCUT2D eigenvalue weighted by Gasteiger charge is -2.21. The molecule has 0 saturated carbocycles. The zero-order valence-electron chi connectivity index (χ0n) is 10.3. The van der Waals surface area contributed by atoms with Crippen molar-refractivity contribution in [2.75, 3.05) is 14.2 Å². The maximum Gasteiger partial charge on any atom is 0.0834 e. The van der Waals surface area contributed by atoms with Gasteiger partial charge in [-0.1, -0.05) is 11.6 Å². The summed E-state index contributed by atoms with van der Waals surface area (Å²) < 4.78 is 7.20. The first kappa shape index (κ1) is 13.5. The zero-order chi connectivity index (χ0) is 12.1. The van der Waals surface area contributed by atoms with Gasteiger partial charge in [0.05, 0.1) is 29.1 Å². The highest BCUT2D eigenvalue weighted by Gasteiger charge is 2.20. The van der Waals surface area contributed by atoms with Crippen LogP contribution < -0.4 is 5.32 Å². The summed E-state index contributed by atoms with van der Waals surface area (Å²) in [6.07, 6.45) is 2.76. The minimum atomic E-state index is 0.171. The average Bonchev–Trinajstić information content (AvgIpc) is 2.67. The molecule has 0 aliphatic carbocycles. The van der Waals surface area contributed by atoms with Gasteiger partial charge in [0.2, 0.25) is 0 Å². The van der Waals surface area contributed by atoms with E-state index in [1.165, 1.54) is 0 Å². The van der Waals surface area contributed by atoms with E-state index in [4.69, 9.17) is 16.3 Å². The number of rotatable bonds is 6. The molecule has 1 aromatic heterocycles. The van der Waals surface area contributed by atoms with E-state index in [1.807, 2.05) is 18.7 Å². The molecule has 5 heteroatoms. The second-order valence-corrected chi connectivity index (χ2v) is 4.22. The third kappa shape index (κ3) is 2.97. The highest BCUT2D eigenvalue weighted by Crippen LogP contribution is 2.26. The van der Waals surface area contributed by atoms with Crippen LogP contribution in [0, 0.1) is 0 Å². The third-order valence-electron chi connectivity index (χ3n) is 2.78. The summed E-state index contributed by atoms with van der Waals surface area (Å²) in [6, 6.07) is 0.171. The first-order chi connectivity index (χ1) is 7.63. The van der Waals surface area contributed by atoms with E-state index < -0.39 is 0 Å². The Labute approximate surface area is 102 Å². The van der Waals surface area contributed by atoms with E-state index in [9.17, 15) is 0 Å². The highest BCUT2D eigenvalue weighted by atomic mass is 35.5. The number of nitrogens with zero attached hydrogens (tertiary/aromatic N) is 2. The summed E-state index contributed by atoms with van der Waals surface area (Å²) in [4.78, 5) is 0. The molecule has 0 radical (unpaired) electrons. The topological polar surface area (TPSA) is 39.1 Å². The van der Waals surface area contributed by atoms with E-state index >= 15 is 0 Å². The van der Waals surface area contributed by atoms with Gasteiger partial charge in [0.25, 0.3) is 0 Å². The minimum absolute atomic E-state index is 0.171. The van der Waals surface area contributed by atoms with Gasteiger partial charge in [-0.2, -0.15) is 5.10 Å². The molecule has 0 amide bonds. The van der Waals surface area contributed by atoms with Crippen molar-refractivity contribution in [3.63, 3.8) is 0 Å². The normalized spacial score (nSPS) is 15.1. The van der Waals surface area contributed by atoms with Gasteiger partial charge >= 0.3 is 0 Å². The number of halogens is 1. The Bertz CT molecular complexity index is 327. The van der Waals surface area contributed by atoms with Crippen molar-refractivity contribution in [1.82, 2.24) is 15.1 Å². The Balaban J connectivity index is 2.89. The van der Waals surface area contributed by atoms with Crippen LogP contribution >= 0.6 is 11.6 Å². The Morgan fingerprint density at radius 1 is 1.62 bits per heavy atom. The first-order valence-electron chi connectivity index (χ1n) is 5.55. The summed E-state index contributed by atoms with van der Waals surface area (Å²) >= 11 is 6.16. The number of hydrogen-bond acceptors (Lipinski definition) is 3. The quantitative estimate of drug-likeness (QED) is 0.836. The number of methoxy groups -OCH3 is 1. The second-order valence-electron chi connectivity index (χ2n) is 3.82. The molecule has 2 atom stereocenters. The molecule has 0 saturated heterocycles. The average molecular weight is 246 g/mol. The summed E-state index contributed by atoms with van der Waals surface area (Å²) in [7, 11) is 3.65. The fourth-order valence-electron chi connectivity index (χ4n) is 1.76. The molecule has 0 spiro atoms. The third-order valence-corrected chi connectivity index (χ3v) is 3.07. The molecule has 92 valence electrons. The van der Waals surface area contributed by atoms with Gasteiger partial charge < -0.3 is 10.1 Å². The Morgan fingerprint density at radius 2 is 2.31 bits per heavy atom. The minimum Gasteiger partial charge on any atom is -0.382 e. The number of hydrogen-bond donors (Lipinski definition) is 1. The lowest BCUT2D eigenvalue weighted by atomic mass is 10.1. The Kier molecular flexibility index (Phi) is 5.25. The monoisotopic (exact) mass is 245 g/mol. The van der Waals surface area contributed by atoms with Crippen LogP contribution in [0.3, 0.4) is 0 Å². The van der Waals surface area contributed by atoms with Gasteiger partial charge in [0.1, 0.15) is 0 Å². The van der Waals surface area contributed by atoms with Gasteiger partial charge in [-0.15, -0.1) is 0 Å². The van der Waals surface area contributed by atoms with Crippen LogP contribution in [0.1, 0.15) is 32.0 Å². The molecule has 4 nitrogen and oxygen atoms in total. The number of ether oxygens (including phenoxy) is 1. The summed E-state index contributed by atoms with van der Waals surface area (Å²) in [5.74, 6) is 0. The molecule has 1 N–H and O–H groups in total. The van der Waals surface area contributed by atoms with Crippen LogP contribution in [0.2, 0.25) is 5.02 Å². The highest BCUT2D eigenvalue weighted by molar-refractivity contribution is 6.31. The van der Waals surface area contributed by atoms with E-state index in [0.717, 1.165) is 18.7 Å². The van der Waals surface area contributed by atoms with Crippen molar-refractivity contribution in [1.29, 1.82) is 0 Å². The van der Waals surface area contributed by atoms with Crippen molar-refractivity contribution in [3.05, 3.63) is 16.9 Å². The van der Waals surface area contributed by atoms with Crippen molar-refractivity contribution < 1.29 is 4.74 Å². The molecule has 0 bridgehead atoms. The fraction of sp³-hybridized carbons (Fsp3) is 0.727. The summed E-state index contributed by atoms with van der Waals surface area (Å²) in [5, 5.41) is 8.21. The maximum atomic E-state index is 6.16. The molecule has 1 aromatic rings. The molecule has 0 aliphatic rings. The molecular formula is C11H20ClN3O. The molecule has 0 aliphatic heterocycles. The standard InChI is InChI=1S/C11H20ClN3O/c1-5-15-11(9(12)7-14-15)10(13-3)6-8(2)16-4/h7-8,10,13H,5-6H2,1-4H3. The van der Waals surface area contributed by atoms with Crippen LogP contribution in [-0.4, -0.2) is 30.0 Å². The molecule has 1 heterocycles. The first-order valence-corrected chi connectivity index (χ1v) is 5.93. The Morgan fingerprint density at radius 3 is 2.81 bits per heavy atom. The van der Waals surface area contributed by atoms with Crippen molar-refractivity contribution in [2.24, 2.45) is 0 Å². The SMILES string of the molecule is CCn1ncc(Cl)c1C(CC(C)OC)NC. The van der Waals surface area contributed by atoms with Crippen molar-refractivity contribution in [2.45, 2.75) is 39.0 Å². The molecule has 1 rings (SSSR count). The van der Waals surface area contributed by atoms with Gasteiger partial charge in [-0.25, -0.2) is 0 Å². The predicted octanol–water partition coefficient (Wildman–Crippen LogP) is 2.24. The smallest absolute Gasteiger partial charge is 0.0834 e. The van der Waals surface area contributed by atoms with Crippen molar-refractivity contribution >= 4 is 11.6 Å². The van der Waals surface area contributed by atoms with Crippen LogP contribution in [0.5, 0.6) is 0 Å². The molecular weight excluding hydrogens is 226 g/mol. The van der Waals surface area contributed by atoms with E-state index in [-0.39, 0.29) is 12.1 Å². The van der Waals surface area contributed by atoms with Crippen molar-refractivity contribution in [3.8, 4) is 0 Å². The van der Waals surface area contributed by atoms with Crippen LogP contribution in [0.25, 0.3) is 0 Å². The zero-order valence-corrected chi connectivity index (χ0v) is 11.1. The number of aryl methyl sites for hydroxylation is 1. The van der Waals surface area contributed by atoms with Gasteiger partial charge in [0.15, 0.2) is 0 Å². The van der Waals surface area contributed by atoms with Gasteiger partial charge in [0, 0.05) is 13.7 Å². The van der Waals surface area contributed by atoms with Crippen LogP contribution in [-0.2, 0) is 11.3 Å². The fourth-order valence-corrected chi connectivity index (χ4v) is 2.04. The molecule has 0 aromatic carbocycles. The lowest BCUT2D eigenvalue weighted by Crippen LogP contribution is -2.25.